The fraction of sp³-hybridized carbons (Fsp3) is 0.182. The van der Waals surface area contributed by atoms with Crippen LogP contribution in [0.2, 0.25) is 0 Å². The molecule has 0 spiro atoms. The van der Waals surface area contributed by atoms with Crippen molar-refractivity contribution in [2.24, 2.45) is 0 Å². The van der Waals surface area contributed by atoms with Gasteiger partial charge >= 0.3 is 0 Å². The lowest BCUT2D eigenvalue weighted by Gasteiger charge is -1.93. The SMILES string of the molecule is COCC=Cc1ccc(C=O)cc1. The molecule has 2 heteroatoms. The summed E-state index contributed by atoms with van der Waals surface area (Å²) >= 11 is 0. The molecule has 0 fully saturated rings. The van der Waals surface area contributed by atoms with Crippen LogP contribution in [0, 0.1) is 0 Å². The van der Waals surface area contributed by atoms with Gasteiger partial charge in [-0.2, -0.15) is 0 Å². The van der Waals surface area contributed by atoms with Crippen molar-refractivity contribution in [3.05, 3.63) is 41.5 Å². The van der Waals surface area contributed by atoms with Crippen LogP contribution in [0.3, 0.4) is 0 Å². The second-order valence-corrected chi connectivity index (χ2v) is 2.64. The Labute approximate surface area is 77.8 Å². The highest BCUT2D eigenvalue weighted by Gasteiger charge is 1.88. The topological polar surface area (TPSA) is 26.3 Å². The second-order valence-electron chi connectivity index (χ2n) is 2.64. The third-order valence-electron chi connectivity index (χ3n) is 1.65. The van der Waals surface area contributed by atoms with Gasteiger partial charge in [-0.3, -0.25) is 4.79 Å². The van der Waals surface area contributed by atoms with E-state index in [4.69, 9.17) is 4.74 Å². The van der Waals surface area contributed by atoms with Crippen LogP contribution in [0.4, 0.5) is 0 Å². The van der Waals surface area contributed by atoms with Crippen molar-refractivity contribution >= 4 is 12.4 Å². The predicted octanol–water partition coefficient (Wildman–Crippen LogP) is 2.16. The van der Waals surface area contributed by atoms with Gasteiger partial charge in [0.1, 0.15) is 6.29 Å². The smallest absolute Gasteiger partial charge is 0.150 e. The fourth-order valence-corrected chi connectivity index (χ4v) is 0.966. The fourth-order valence-electron chi connectivity index (χ4n) is 0.966. The summed E-state index contributed by atoms with van der Waals surface area (Å²) < 4.78 is 4.87. The van der Waals surface area contributed by atoms with Gasteiger partial charge in [-0.25, -0.2) is 0 Å². The molecule has 0 amide bonds. The molecule has 1 rings (SSSR count). The average molecular weight is 176 g/mol. The third-order valence-corrected chi connectivity index (χ3v) is 1.65. The molecule has 1 aromatic rings. The van der Waals surface area contributed by atoms with E-state index >= 15 is 0 Å². The first-order valence-corrected chi connectivity index (χ1v) is 4.07. The molecule has 0 bridgehead atoms. The minimum Gasteiger partial charge on any atom is -0.381 e. The van der Waals surface area contributed by atoms with Gasteiger partial charge in [-0.15, -0.1) is 0 Å². The van der Waals surface area contributed by atoms with Crippen LogP contribution >= 0.6 is 0 Å². The maximum atomic E-state index is 10.3. The first-order valence-electron chi connectivity index (χ1n) is 4.07. The molecule has 0 aromatic heterocycles. The van der Waals surface area contributed by atoms with Gasteiger partial charge in [0.2, 0.25) is 0 Å². The molecule has 0 heterocycles. The van der Waals surface area contributed by atoms with Crippen LogP contribution in [0.15, 0.2) is 30.3 Å². The number of benzene rings is 1. The van der Waals surface area contributed by atoms with Crippen molar-refractivity contribution in [2.45, 2.75) is 0 Å². The van der Waals surface area contributed by atoms with Crippen molar-refractivity contribution in [3.8, 4) is 0 Å². The Morgan fingerprint density at radius 2 is 1.85 bits per heavy atom. The molecule has 1 aromatic carbocycles. The van der Waals surface area contributed by atoms with Gasteiger partial charge < -0.3 is 4.74 Å². The normalized spacial score (nSPS) is 10.5. The number of rotatable bonds is 4. The Balaban J connectivity index is 2.63. The molecule has 0 N–H and O–H groups in total. The number of ether oxygens (including phenoxy) is 1. The quantitative estimate of drug-likeness (QED) is 0.657. The minimum atomic E-state index is 0.607. The van der Waals surface area contributed by atoms with Crippen LogP contribution in [0.5, 0.6) is 0 Å². The highest BCUT2D eigenvalue weighted by atomic mass is 16.5. The largest absolute Gasteiger partial charge is 0.381 e. The summed E-state index contributed by atoms with van der Waals surface area (Å²) in [5.74, 6) is 0. The Kier molecular flexibility index (Phi) is 3.93. The molecule has 68 valence electrons. The molecule has 0 aliphatic carbocycles. The number of methoxy groups -OCH3 is 1. The summed E-state index contributed by atoms with van der Waals surface area (Å²) in [5.41, 5.74) is 1.77. The molecule has 0 saturated heterocycles. The highest BCUT2D eigenvalue weighted by Crippen LogP contribution is 2.04. The van der Waals surface area contributed by atoms with Crippen LogP contribution in [-0.2, 0) is 4.74 Å². The van der Waals surface area contributed by atoms with E-state index < -0.39 is 0 Å². The summed E-state index contributed by atoms with van der Waals surface area (Å²) in [7, 11) is 1.65. The molecule has 2 nitrogen and oxygen atoms in total. The van der Waals surface area contributed by atoms with Crippen molar-refractivity contribution in [3.63, 3.8) is 0 Å². The molecule has 0 aliphatic rings. The van der Waals surface area contributed by atoms with E-state index in [1.54, 1.807) is 19.2 Å². The van der Waals surface area contributed by atoms with E-state index in [9.17, 15) is 4.79 Å². The van der Waals surface area contributed by atoms with E-state index in [2.05, 4.69) is 0 Å². The molecule has 0 unspecified atom stereocenters. The highest BCUT2D eigenvalue weighted by molar-refractivity contribution is 5.75. The van der Waals surface area contributed by atoms with Crippen molar-refractivity contribution in [1.82, 2.24) is 0 Å². The first-order chi connectivity index (χ1) is 6.36. The summed E-state index contributed by atoms with van der Waals surface area (Å²) in [5, 5.41) is 0. The second kappa shape index (κ2) is 5.27. The first kappa shape index (κ1) is 9.68. The van der Waals surface area contributed by atoms with Crippen LogP contribution in [0.25, 0.3) is 6.08 Å². The summed E-state index contributed by atoms with van der Waals surface area (Å²) in [6.07, 6.45) is 4.72. The van der Waals surface area contributed by atoms with Crippen molar-refractivity contribution in [1.29, 1.82) is 0 Å². The number of carbonyl (C=O) groups excluding carboxylic acids is 1. The number of carbonyl (C=O) groups is 1. The number of hydrogen-bond acceptors (Lipinski definition) is 2. The Bertz CT molecular complexity index is 285. The van der Waals surface area contributed by atoms with E-state index in [-0.39, 0.29) is 0 Å². The van der Waals surface area contributed by atoms with Crippen LogP contribution in [0.1, 0.15) is 15.9 Å². The summed E-state index contributed by atoms with van der Waals surface area (Å²) in [6, 6.07) is 7.38. The average Bonchev–Trinajstić information content (AvgIpc) is 2.19. The van der Waals surface area contributed by atoms with Crippen molar-refractivity contribution in [2.75, 3.05) is 13.7 Å². The monoisotopic (exact) mass is 176 g/mol. The third kappa shape index (κ3) is 3.22. The van der Waals surface area contributed by atoms with E-state index in [0.717, 1.165) is 11.8 Å². The number of aldehydes is 1. The van der Waals surface area contributed by atoms with E-state index in [0.29, 0.717) is 12.2 Å². The maximum Gasteiger partial charge on any atom is 0.150 e. The van der Waals surface area contributed by atoms with Crippen LogP contribution in [-0.4, -0.2) is 20.0 Å². The van der Waals surface area contributed by atoms with Gasteiger partial charge in [0.05, 0.1) is 6.61 Å². The lowest BCUT2D eigenvalue weighted by Crippen LogP contribution is -1.81. The van der Waals surface area contributed by atoms with E-state index in [1.807, 2.05) is 24.3 Å². The van der Waals surface area contributed by atoms with Crippen LogP contribution < -0.4 is 0 Å². The minimum absolute atomic E-state index is 0.607. The van der Waals surface area contributed by atoms with Crippen molar-refractivity contribution < 1.29 is 9.53 Å². The van der Waals surface area contributed by atoms with Gasteiger partial charge in [-0.1, -0.05) is 36.4 Å². The Morgan fingerprint density at radius 1 is 1.23 bits per heavy atom. The van der Waals surface area contributed by atoms with Gasteiger partial charge in [0.25, 0.3) is 0 Å². The van der Waals surface area contributed by atoms with Gasteiger partial charge in [0, 0.05) is 12.7 Å². The maximum absolute atomic E-state index is 10.3. The lowest BCUT2D eigenvalue weighted by atomic mass is 10.1. The Hall–Kier alpha value is -1.41. The zero-order valence-corrected chi connectivity index (χ0v) is 7.57. The predicted molar refractivity (Wildman–Crippen MR) is 52.7 cm³/mol. The standard InChI is InChI=1S/C11H12O2/c1-13-8-2-3-10-4-6-11(9-12)7-5-10/h2-7,9H,8H2,1H3. The Morgan fingerprint density at radius 3 is 2.38 bits per heavy atom. The summed E-state index contributed by atoms with van der Waals surface area (Å²) in [6.45, 7) is 0.607. The molecular weight excluding hydrogens is 164 g/mol. The molecule has 13 heavy (non-hydrogen) atoms. The van der Waals surface area contributed by atoms with Gasteiger partial charge in [-0.05, 0) is 5.56 Å². The zero-order valence-electron chi connectivity index (χ0n) is 7.57. The number of hydrogen-bond donors (Lipinski definition) is 0. The zero-order chi connectivity index (χ0) is 9.52. The molecular formula is C11H12O2. The van der Waals surface area contributed by atoms with Gasteiger partial charge in [0.15, 0.2) is 0 Å². The molecule has 0 saturated carbocycles. The summed E-state index contributed by atoms with van der Waals surface area (Å²) in [4.78, 5) is 10.3. The molecule has 0 atom stereocenters. The molecule has 0 aliphatic heterocycles. The van der Waals surface area contributed by atoms with E-state index in [1.165, 1.54) is 0 Å². The molecule has 0 radical (unpaired) electrons. The lowest BCUT2D eigenvalue weighted by molar-refractivity contribution is 0.112.